The number of phosphoric acid groups is 2. The van der Waals surface area contributed by atoms with E-state index in [9.17, 15) is 18.9 Å². The Morgan fingerprint density at radius 3 is 0.548 bits per heavy atom. The number of hydrogen-bond donors (Lipinski definition) is 0. The summed E-state index contributed by atoms with van der Waals surface area (Å²) in [5.74, 6) is 0.993. The molecule has 0 N–H and O–H groups in total. The standard InChI is InChI=1S/2C52H33O4P.Ca/c2*53-57(54)55-51-47(37-23-17-35(18-24-37)41-27-21-33-9-1-3-11-39(33)29-41)31-43-13-5-7-15-45(43)49(51)50-46-16-8-6-14-44(46)32-48(52(50)56-57)38-25-19-36(20-26-38)42-28-22-34-10-2-4-12-40(34)30-42;/h2*1-32H,(H,53,54);/q;;+2/p-2. The first-order valence-corrected chi connectivity index (χ1v) is 40.9. The summed E-state index contributed by atoms with van der Waals surface area (Å²) in [6.45, 7) is 0. The first-order valence-electron chi connectivity index (χ1n) is 37.9. The van der Waals surface area contributed by atoms with Gasteiger partial charge in [0.1, 0.15) is 23.0 Å². The van der Waals surface area contributed by atoms with E-state index in [1.807, 2.05) is 194 Å². The van der Waals surface area contributed by atoms with E-state index in [1.165, 1.54) is 43.1 Å². The Morgan fingerprint density at radius 2 is 0.339 bits per heavy atom. The van der Waals surface area contributed by atoms with Crippen molar-refractivity contribution in [2.75, 3.05) is 0 Å². The molecule has 0 spiro atoms. The van der Waals surface area contributed by atoms with Crippen LogP contribution in [0.1, 0.15) is 0 Å². The molecular formula is C104H64CaO8P2. The van der Waals surface area contributed by atoms with E-state index in [1.54, 1.807) is 0 Å². The minimum absolute atomic E-state index is 0. The van der Waals surface area contributed by atoms with Crippen molar-refractivity contribution in [3.8, 4) is 134 Å². The van der Waals surface area contributed by atoms with Crippen molar-refractivity contribution in [3.63, 3.8) is 0 Å². The van der Waals surface area contributed by atoms with E-state index in [4.69, 9.17) is 18.1 Å². The molecule has 20 aromatic carbocycles. The molecule has 2 heterocycles. The second-order valence-electron chi connectivity index (χ2n) is 29.2. The van der Waals surface area contributed by atoms with Crippen LogP contribution in [0.25, 0.3) is 197 Å². The molecule has 0 aliphatic carbocycles. The summed E-state index contributed by atoms with van der Waals surface area (Å²) in [6.07, 6.45) is 0. The van der Waals surface area contributed by atoms with Gasteiger partial charge in [-0.1, -0.05) is 340 Å². The van der Waals surface area contributed by atoms with Gasteiger partial charge in [-0.25, -0.2) is 9.13 Å². The zero-order valence-corrected chi connectivity index (χ0v) is 65.8. The van der Waals surface area contributed by atoms with Crippen LogP contribution in [0.5, 0.6) is 23.0 Å². The largest absolute Gasteiger partial charge is 2.00 e. The normalized spacial score (nSPS) is 13.0. The van der Waals surface area contributed by atoms with Gasteiger partial charge in [0.15, 0.2) is 0 Å². The Bertz CT molecular complexity index is 6570. The van der Waals surface area contributed by atoms with Crippen molar-refractivity contribution in [1.29, 1.82) is 0 Å². The summed E-state index contributed by atoms with van der Waals surface area (Å²) in [7, 11) is -9.91. The molecule has 2 aliphatic heterocycles. The van der Waals surface area contributed by atoms with Gasteiger partial charge < -0.3 is 27.9 Å². The second-order valence-corrected chi connectivity index (χ2v) is 31.7. The van der Waals surface area contributed by atoms with Crippen molar-refractivity contribution in [2.24, 2.45) is 0 Å². The number of rotatable bonds is 8. The third kappa shape index (κ3) is 13.2. The van der Waals surface area contributed by atoms with Crippen molar-refractivity contribution in [2.45, 2.75) is 0 Å². The molecule has 0 unspecified atom stereocenters. The third-order valence-corrected chi connectivity index (χ3v) is 24.1. The number of hydrogen-bond acceptors (Lipinski definition) is 8. The maximum Gasteiger partial charge on any atom is 2.00 e. The van der Waals surface area contributed by atoms with Gasteiger partial charge in [-0.05, 0) is 201 Å². The Kier molecular flexibility index (Phi) is 18.0. The first kappa shape index (κ1) is 71.4. The van der Waals surface area contributed by atoms with E-state index in [0.717, 1.165) is 110 Å². The molecule has 0 amide bonds. The fourth-order valence-corrected chi connectivity index (χ4v) is 18.6. The van der Waals surface area contributed by atoms with Gasteiger partial charge in [0.25, 0.3) is 0 Å². The Morgan fingerprint density at radius 1 is 0.174 bits per heavy atom. The van der Waals surface area contributed by atoms with Crippen LogP contribution < -0.4 is 27.9 Å². The van der Waals surface area contributed by atoms with Gasteiger partial charge in [0, 0.05) is 44.5 Å². The Labute approximate surface area is 693 Å². The first-order chi connectivity index (χ1) is 55.9. The summed E-state index contributed by atoms with van der Waals surface area (Å²) in [6, 6.07) is 132. The van der Waals surface area contributed by atoms with Gasteiger partial charge in [0.2, 0.25) is 0 Å². The average Bonchev–Trinajstić information content (AvgIpc) is 1.67. The van der Waals surface area contributed by atoms with Gasteiger partial charge >= 0.3 is 53.4 Å². The van der Waals surface area contributed by atoms with Crippen LogP contribution in [0.3, 0.4) is 0 Å². The van der Waals surface area contributed by atoms with E-state index in [-0.39, 0.29) is 60.7 Å². The van der Waals surface area contributed by atoms with Crippen LogP contribution >= 0.6 is 15.6 Å². The van der Waals surface area contributed by atoms with E-state index < -0.39 is 15.6 Å². The van der Waals surface area contributed by atoms with E-state index >= 15 is 0 Å². The zero-order chi connectivity index (χ0) is 76.2. The minimum Gasteiger partial charge on any atom is -0.736 e. The van der Waals surface area contributed by atoms with Gasteiger partial charge in [0.05, 0.1) is 0 Å². The quantitative estimate of drug-likeness (QED) is 0.109. The zero-order valence-electron chi connectivity index (χ0n) is 61.8. The molecule has 2 aliphatic rings. The molecular weight excluding hydrogens is 1480 g/mol. The van der Waals surface area contributed by atoms with E-state index in [2.05, 4.69) is 194 Å². The summed E-state index contributed by atoms with van der Waals surface area (Å²) >= 11 is 0. The molecule has 0 fully saturated rings. The summed E-state index contributed by atoms with van der Waals surface area (Å²) < 4.78 is 52.7. The molecule has 0 saturated heterocycles. The monoisotopic (exact) mass is 1540 g/mol. The smallest absolute Gasteiger partial charge is 0.736 e. The fourth-order valence-electron chi connectivity index (χ4n) is 16.9. The molecule has 0 bridgehead atoms. The summed E-state index contributed by atoms with van der Waals surface area (Å²) in [4.78, 5) is 28.2. The van der Waals surface area contributed by atoms with Gasteiger partial charge in [-0.15, -0.1) is 0 Å². The minimum atomic E-state index is -4.96. The van der Waals surface area contributed by atoms with Crippen LogP contribution in [0.4, 0.5) is 0 Å². The summed E-state index contributed by atoms with van der Waals surface area (Å²) in [5, 5.41) is 16.7. The maximum atomic E-state index is 14.1. The number of benzene rings is 20. The van der Waals surface area contributed by atoms with Crippen LogP contribution in [-0.4, -0.2) is 37.7 Å². The third-order valence-electron chi connectivity index (χ3n) is 22.4. The average molecular weight is 1540 g/mol. The fraction of sp³-hybridized carbons (Fsp3) is 0. The van der Waals surface area contributed by atoms with Crippen molar-refractivity contribution in [3.05, 3.63) is 388 Å². The number of phosphoric ester groups is 2. The molecule has 0 aromatic heterocycles. The SMILES string of the molecule is O=P1([O-])Oc2c(-c3ccc(-c4ccc5ccccc5c4)cc3)cc3ccccc3c2-c2c(c(-c3ccc(-c4ccc5ccccc5c4)cc3)cc3ccccc23)O1.O=P1([O-])Oc2c(-c3ccc(-c4ccc5ccccc5c4)cc3)cc3ccccc3c2-c2c(c(-c3ccc(-c4ccc5ccccc5c4)cc3)cc3ccccc23)O1.[Ca+2]. The molecule has 0 atom stereocenters. The Balaban J connectivity index is 0.000000147. The predicted molar refractivity (Wildman–Crippen MR) is 471 cm³/mol. The van der Waals surface area contributed by atoms with E-state index in [0.29, 0.717) is 44.5 Å². The summed E-state index contributed by atoms with van der Waals surface area (Å²) in [5.41, 5.74) is 17.3. The predicted octanol–water partition coefficient (Wildman–Crippen LogP) is 27.4. The Hall–Kier alpha value is -12.7. The molecule has 8 nitrogen and oxygen atoms in total. The van der Waals surface area contributed by atoms with Crippen LogP contribution in [0.2, 0.25) is 0 Å². The van der Waals surface area contributed by atoms with Crippen molar-refractivity contribution in [1.82, 2.24) is 0 Å². The van der Waals surface area contributed by atoms with Crippen LogP contribution in [0.15, 0.2) is 388 Å². The molecule has 0 saturated carbocycles. The second kappa shape index (κ2) is 29.1. The molecule has 115 heavy (non-hydrogen) atoms. The van der Waals surface area contributed by atoms with Crippen molar-refractivity contribution < 1.29 is 37.0 Å². The van der Waals surface area contributed by atoms with Crippen LogP contribution in [0, 0.1) is 0 Å². The van der Waals surface area contributed by atoms with Gasteiger partial charge in [-0.3, -0.25) is 0 Å². The van der Waals surface area contributed by atoms with Gasteiger partial charge in [-0.2, -0.15) is 0 Å². The molecule has 11 heteroatoms. The molecule has 540 valence electrons. The molecule has 0 radical (unpaired) electrons. The van der Waals surface area contributed by atoms with Crippen molar-refractivity contribution >= 4 is 140 Å². The van der Waals surface area contributed by atoms with Crippen LogP contribution in [-0.2, 0) is 9.13 Å². The molecule has 20 aromatic rings. The maximum absolute atomic E-state index is 14.1. The topological polar surface area (TPSA) is 117 Å². The number of fused-ring (bicyclic) bond motifs is 18. The molecule has 22 rings (SSSR count).